The number of aryl methyl sites for hydroxylation is 1. The first-order valence-electron chi connectivity index (χ1n) is 9.24. The number of aromatic nitrogens is 3. The van der Waals surface area contributed by atoms with Gasteiger partial charge in [0.25, 0.3) is 0 Å². The fourth-order valence-corrected chi connectivity index (χ4v) is 4.12. The molecule has 0 aromatic carbocycles. The number of pyridine rings is 1. The summed E-state index contributed by atoms with van der Waals surface area (Å²) in [5, 5.41) is 4.25. The molecule has 0 saturated carbocycles. The van der Waals surface area contributed by atoms with Gasteiger partial charge in [-0.1, -0.05) is 6.07 Å². The van der Waals surface area contributed by atoms with Crippen LogP contribution in [0, 0.1) is 12.3 Å². The van der Waals surface area contributed by atoms with Crippen molar-refractivity contribution in [2.24, 2.45) is 5.41 Å². The molecular weight excluding hydrogens is 344 g/mol. The number of nitrogens with zero attached hydrogens (tertiary/aromatic N) is 5. The lowest BCUT2D eigenvalue weighted by Gasteiger charge is -2.23. The van der Waals surface area contributed by atoms with Gasteiger partial charge < -0.3 is 15.5 Å². The van der Waals surface area contributed by atoms with Crippen LogP contribution in [-0.4, -0.2) is 56.0 Å². The molecule has 0 radical (unpaired) electrons. The van der Waals surface area contributed by atoms with Gasteiger partial charge in [-0.15, -0.1) is 0 Å². The number of carbonyl (C=O) groups is 2. The van der Waals surface area contributed by atoms with E-state index in [1.165, 1.54) is 4.68 Å². The maximum Gasteiger partial charge on any atom is 0.244 e. The molecule has 142 valence electrons. The van der Waals surface area contributed by atoms with Crippen molar-refractivity contribution < 1.29 is 9.59 Å². The number of likely N-dealkylation sites (tertiary alicyclic amines) is 2. The standard InChI is InChI=1S/C19H24N6O2/c1-14-10-16(20)25(22-14)12-17(26)24-9-6-19(13-24)5-8-23(18(19)27)11-15-4-2-3-7-21-15/h2-4,7,10H,5-6,8-9,11-13,20H2,1H3. The van der Waals surface area contributed by atoms with E-state index in [2.05, 4.69) is 10.1 Å². The van der Waals surface area contributed by atoms with Crippen LogP contribution < -0.4 is 5.73 Å². The monoisotopic (exact) mass is 368 g/mol. The molecule has 1 spiro atoms. The van der Waals surface area contributed by atoms with Gasteiger partial charge in [0.1, 0.15) is 12.4 Å². The molecule has 4 rings (SSSR count). The van der Waals surface area contributed by atoms with Gasteiger partial charge in [-0.3, -0.25) is 14.6 Å². The lowest BCUT2D eigenvalue weighted by atomic mass is 9.85. The number of amides is 2. The van der Waals surface area contributed by atoms with E-state index >= 15 is 0 Å². The van der Waals surface area contributed by atoms with Gasteiger partial charge in [0.05, 0.1) is 23.3 Å². The largest absolute Gasteiger partial charge is 0.384 e. The molecule has 0 aliphatic carbocycles. The number of anilines is 1. The highest BCUT2D eigenvalue weighted by Crippen LogP contribution is 2.41. The Morgan fingerprint density at radius 3 is 2.81 bits per heavy atom. The molecule has 2 amide bonds. The zero-order valence-corrected chi connectivity index (χ0v) is 15.5. The molecule has 2 aromatic heterocycles. The first-order valence-corrected chi connectivity index (χ1v) is 9.24. The van der Waals surface area contributed by atoms with Crippen LogP contribution in [0.25, 0.3) is 0 Å². The van der Waals surface area contributed by atoms with E-state index in [0.717, 1.165) is 17.8 Å². The number of nitrogens with two attached hydrogens (primary N) is 1. The van der Waals surface area contributed by atoms with Gasteiger partial charge in [-0.25, -0.2) is 4.68 Å². The average Bonchev–Trinajstić information content (AvgIpc) is 3.31. The van der Waals surface area contributed by atoms with Gasteiger partial charge in [-0.05, 0) is 31.9 Å². The lowest BCUT2D eigenvalue weighted by Crippen LogP contribution is -2.39. The minimum atomic E-state index is -0.448. The molecule has 8 nitrogen and oxygen atoms in total. The average molecular weight is 368 g/mol. The quantitative estimate of drug-likeness (QED) is 0.862. The van der Waals surface area contributed by atoms with Gasteiger partial charge in [0.2, 0.25) is 11.8 Å². The molecule has 0 bridgehead atoms. The van der Waals surface area contributed by atoms with Crippen molar-refractivity contribution >= 4 is 17.6 Å². The molecule has 2 saturated heterocycles. The van der Waals surface area contributed by atoms with E-state index in [9.17, 15) is 9.59 Å². The zero-order valence-electron chi connectivity index (χ0n) is 15.5. The van der Waals surface area contributed by atoms with Gasteiger partial charge in [-0.2, -0.15) is 5.10 Å². The van der Waals surface area contributed by atoms with E-state index in [0.29, 0.717) is 38.4 Å². The van der Waals surface area contributed by atoms with Gasteiger partial charge in [0, 0.05) is 31.9 Å². The summed E-state index contributed by atoms with van der Waals surface area (Å²) >= 11 is 0. The van der Waals surface area contributed by atoms with Crippen molar-refractivity contribution in [1.82, 2.24) is 24.6 Å². The predicted molar refractivity (Wildman–Crippen MR) is 99.3 cm³/mol. The van der Waals surface area contributed by atoms with Crippen LogP contribution in [0.5, 0.6) is 0 Å². The summed E-state index contributed by atoms with van der Waals surface area (Å²) in [5.41, 5.74) is 7.11. The Kier molecular flexibility index (Phi) is 4.33. The van der Waals surface area contributed by atoms with Crippen LogP contribution >= 0.6 is 0 Å². The predicted octanol–water partition coefficient (Wildman–Crippen LogP) is 0.820. The topological polar surface area (TPSA) is 97.4 Å². The molecule has 2 fully saturated rings. The fraction of sp³-hybridized carbons (Fsp3) is 0.474. The number of rotatable bonds is 4. The van der Waals surface area contributed by atoms with Crippen LogP contribution in [-0.2, 0) is 22.7 Å². The van der Waals surface area contributed by atoms with E-state index in [1.807, 2.05) is 30.0 Å². The molecule has 4 heterocycles. The van der Waals surface area contributed by atoms with Crippen LogP contribution in [0.1, 0.15) is 24.2 Å². The molecule has 1 unspecified atom stereocenters. The van der Waals surface area contributed by atoms with E-state index in [1.54, 1.807) is 17.2 Å². The molecule has 27 heavy (non-hydrogen) atoms. The minimum absolute atomic E-state index is 0.0438. The van der Waals surface area contributed by atoms with Gasteiger partial charge >= 0.3 is 0 Å². The third kappa shape index (κ3) is 3.27. The molecule has 2 aliphatic rings. The highest BCUT2D eigenvalue weighted by Gasteiger charge is 2.51. The fourth-order valence-electron chi connectivity index (χ4n) is 4.12. The second kappa shape index (κ2) is 6.68. The third-order valence-corrected chi connectivity index (χ3v) is 5.60. The SMILES string of the molecule is Cc1cc(N)n(CC(=O)N2CCC3(CCN(Cc4ccccn4)C3=O)C2)n1. The summed E-state index contributed by atoms with van der Waals surface area (Å²) in [6, 6.07) is 7.47. The van der Waals surface area contributed by atoms with Crippen LogP contribution in [0.4, 0.5) is 5.82 Å². The minimum Gasteiger partial charge on any atom is -0.384 e. The molecule has 1 atom stereocenters. The summed E-state index contributed by atoms with van der Waals surface area (Å²) in [6.45, 7) is 4.27. The molecular formula is C19H24N6O2. The summed E-state index contributed by atoms with van der Waals surface area (Å²) in [7, 11) is 0. The highest BCUT2D eigenvalue weighted by molar-refractivity contribution is 5.87. The van der Waals surface area contributed by atoms with E-state index < -0.39 is 5.41 Å². The van der Waals surface area contributed by atoms with Crippen molar-refractivity contribution in [3.05, 3.63) is 41.9 Å². The molecule has 2 N–H and O–H groups in total. The Hall–Kier alpha value is -2.90. The summed E-state index contributed by atoms with van der Waals surface area (Å²) in [4.78, 5) is 33.7. The van der Waals surface area contributed by atoms with Crippen LogP contribution in [0.15, 0.2) is 30.5 Å². The third-order valence-electron chi connectivity index (χ3n) is 5.60. The normalized spacial score (nSPS) is 22.2. The number of carbonyl (C=O) groups excluding carboxylic acids is 2. The van der Waals surface area contributed by atoms with Crippen LogP contribution in [0.2, 0.25) is 0 Å². The first kappa shape index (κ1) is 17.5. The Labute approximate surface area is 158 Å². The first-order chi connectivity index (χ1) is 13.0. The Bertz CT molecular complexity index is 864. The Balaban J connectivity index is 1.40. The second-order valence-corrected chi connectivity index (χ2v) is 7.51. The number of hydrogen-bond donors (Lipinski definition) is 1. The maximum absolute atomic E-state index is 13.0. The molecule has 2 aliphatic heterocycles. The Morgan fingerprint density at radius 1 is 1.30 bits per heavy atom. The van der Waals surface area contributed by atoms with Crippen molar-refractivity contribution in [3.8, 4) is 0 Å². The number of nitrogen functional groups attached to an aromatic ring is 1. The van der Waals surface area contributed by atoms with Crippen molar-refractivity contribution in [1.29, 1.82) is 0 Å². The molecule has 2 aromatic rings. The van der Waals surface area contributed by atoms with Crippen molar-refractivity contribution in [3.63, 3.8) is 0 Å². The molecule has 8 heteroatoms. The Morgan fingerprint density at radius 2 is 2.11 bits per heavy atom. The number of hydrogen-bond acceptors (Lipinski definition) is 5. The van der Waals surface area contributed by atoms with Crippen LogP contribution in [0.3, 0.4) is 0 Å². The maximum atomic E-state index is 13.0. The summed E-state index contributed by atoms with van der Waals surface area (Å²) < 4.78 is 1.52. The van der Waals surface area contributed by atoms with E-state index in [-0.39, 0.29) is 18.4 Å². The highest BCUT2D eigenvalue weighted by atomic mass is 16.2. The summed E-state index contributed by atoms with van der Waals surface area (Å²) in [5.74, 6) is 0.573. The van der Waals surface area contributed by atoms with E-state index in [4.69, 9.17) is 5.73 Å². The van der Waals surface area contributed by atoms with Crippen molar-refractivity contribution in [2.75, 3.05) is 25.4 Å². The lowest BCUT2D eigenvalue weighted by molar-refractivity contribution is -0.137. The van der Waals surface area contributed by atoms with Crippen molar-refractivity contribution in [2.45, 2.75) is 32.9 Å². The zero-order chi connectivity index (χ0) is 19.0. The second-order valence-electron chi connectivity index (χ2n) is 7.51. The van der Waals surface area contributed by atoms with Gasteiger partial charge in [0.15, 0.2) is 0 Å². The summed E-state index contributed by atoms with van der Waals surface area (Å²) in [6.07, 6.45) is 3.24. The smallest absolute Gasteiger partial charge is 0.244 e.